The van der Waals surface area contributed by atoms with Crippen molar-refractivity contribution in [2.24, 2.45) is 7.05 Å². The molecule has 0 aliphatic heterocycles. The zero-order valence-electron chi connectivity index (χ0n) is 15.2. The molecule has 0 aromatic carbocycles. The number of imidazole rings is 1. The predicted molar refractivity (Wildman–Crippen MR) is 94.3 cm³/mol. The smallest absolute Gasteiger partial charge is 0.263 e. The van der Waals surface area contributed by atoms with Gasteiger partial charge in [-0.2, -0.15) is 0 Å². The molecule has 1 saturated carbocycles. The number of nitrogens with one attached hydrogen (secondary N) is 1. The van der Waals surface area contributed by atoms with Crippen LogP contribution in [0.15, 0.2) is 12.7 Å². The number of aryl methyl sites for hydroxylation is 1. The second-order valence-electron chi connectivity index (χ2n) is 6.89. The number of hydrogen-bond donors (Lipinski definition) is 4. The van der Waals surface area contributed by atoms with Gasteiger partial charge in [0.05, 0.1) is 19.8 Å². The van der Waals surface area contributed by atoms with E-state index in [2.05, 4.69) is 15.3 Å². The molecule has 1 aliphatic carbocycles. The Balaban J connectivity index is 1.92. The first kappa shape index (κ1) is 19.0. The van der Waals surface area contributed by atoms with Crippen LogP contribution < -0.4 is 9.88 Å². The fraction of sp³-hybridized carbons (Fsp3) is 0.706. The van der Waals surface area contributed by atoms with Crippen molar-refractivity contribution in [3.05, 3.63) is 12.7 Å². The third-order valence-corrected chi connectivity index (χ3v) is 4.90. The van der Waals surface area contributed by atoms with Crippen molar-refractivity contribution in [1.82, 2.24) is 14.5 Å². The highest BCUT2D eigenvalue weighted by Gasteiger charge is 2.28. The second kappa shape index (κ2) is 8.26. The molecular weight excluding hydrogens is 338 g/mol. The molecule has 0 spiro atoms. The molecule has 2 heterocycles. The van der Waals surface area contributed by atoms with Crippen molar-refractivity contribution in [2.45, 2.75) is 57.1 Å². The molecule has 9 heteroatoms. The summed E-state index contributed by atoms with van der Waals surface area (Å²) >= 11 is 0. The molecule has 4 N–H and O–H groups in total. The van der Waals surface area contributed by atoms with E-state index in [1.807, 2.05) is 11.6 Å². The molecule has 0 amide bonds. The minimum absolute atomic E-state index is 0.317. The van der Waals surface area contributed by atoms with Crippen molar-refractivity contribution < 1.29 is 24.6 Å². The summed E-state index contributed by atoms with van der Waals surface area (Å²) in [4.78, 5) is 8.94. The molecule has 3 rings (SSSR count). The van der Waals surface area contributed by atoms with Crippen LogP contribution in [-0.4, -0.2) is 61.3 Å². The number of aromatic nitrogens is 4. The van der Waals surface area contributed by atoms with Gasteiger partial charge in [-0.1, -0.05) is 17.8 Å². The number of nitrogens with zero attached hydrogens (tertiary/aromatic N) is 4. The van der Waals surface area contributed by atoms with E-state index < -0.39 is 18.4 Å². The number of aliphatic hydroxyl groups is 3. The monoisotopic (exact) mass is 366 g/mol. The Kier molecular flexibility index (Phi) is 6.02. The molecule has 26 heavy (non-hydrogen) atoms. The van der Waals surface area contributed by atoms with E-state index in [1.54, 1.807) is 17.2 Å². The largest absolute Gasteiger partial charge is 0.394 e. The molecule has 2 aromatic heterocycles. The molecule has 0 saturated heterocycles. The first-order valence-corrected chi connectivity index (χ1v) is 9.08. The number of rotatable bonds is 8. The lowest BCUT2D eigenvalue weighted by Gasteiger charge is -2.23. The van der Waals surface area contributed by atoms with E-state index >= 15 is 0 Å². The van der Waals surface area contributed by atoms with E-state index in [1.165, 1.54) is 19.8 Å². The van der Waals surface area contributed by atoms with Gasteiger partial charge >= 0.3 is 0 Å². The van der Waals surface area contributed by atoms with Crippen molar-refractivity contribution in [1.29, 1.82) is 0 Å². The zero-order valence-corrected chi connectivity index (χ0v) is 15.2. The molecule has 1 fully saturated rings. The Morgan fingerprint density at radius 1 is 1.31 bits per heavy atom. The van der Waals surface area contributed by atoms with Gasteiger partial charge in [0.2, 0.25) is 18.4 Å². The Hall–Kier alpha value is -1.81. The molecule has 1 aliphatic rings. The number of anilines is 1. The number of ether oxygens (including phenoxy) is 1. The lowest BCUT2D eigenvalue weighted by atomic mass is 10.2. The first-order chi connectivity index (χ1) is 12.5. The number of fused-ring (bicyclic) bond motifs is 1. The minimum atomic E-state index is -0.862. The normalized spacial score (nSPS) is 19.0. The number of aliphatic hydroxyl groups excluding tert-OH is 3. The van der Waals surface area contributed by atoms with E-state index in [4.69, 9.17) is 4.74 Å². The first-order valence-electron chi connectivity index (χ1n) is 9.08. The maximum absolute atomic E-state index is 9.80. The zero-order chi connectivity index (χ0) is 18.7. The number of hydrogen-bond acceptors (Lipinski definition) is 7. The summed E-state index contributed by atoms with van der Waals surface area (Å²) in [5.74, 6) is 0.717. The van der Waals surface area contributed by atoms with Crippen LogP contribution in [0.25, 0.3) is 11.2 Å². The minimum Gasteiger partial charge on any atom is -0.394 e. The Bertz CT molecular complexity index is 729. The SMILES string of the molecule is CC(O)C(CO)OC(CO)n1cnc2c(NC3CCCC3)nc[n+](C)c21. The Morgan fingerprint density at radius 3 is 2.65 bits per heavy atom. The molecule has 9 nitrogen and oxygen atoms in total. The average molecular weight is 366 g/mol. The van der Waals surface area contributed by atoms with E-state index in [0.29, 0.717) is 11.6 Å². The van der Waals surface area contributed by atoms with Crippen molar-refractivity contribution in [3.63, 3.8) is 0 Å². The second-order valence-corrected chi connectivity index (χ2v) is 6.89. The lowest BCUT2D eigenvalue weighted by molar-refractivity contribution is -0.651. The molecule has 3 atom stereocenters. The Morgan fingerprint density at radius 2 is 2.04 bits per heavy atom. The quantitative estimate of drug-likeness (QED) is 0.481. The van der Waals surface area contributed by atoms with Crippen molar-refractivity contribution in [3.8, 4) is 0 Å². The summed E-state index contributed by atoms with van der Waals surface area (Å²) in [5, 5.41) is 32.4. The van der Waals surface area contributed by atoms with Crippen LogP contribution in [0.1, 0.15) is 38.8 Å². The van der Waals surface area contributed by atoms with Gasteiger partial charge in [-0.15, -0.1) is 0 Å². The topological polar surface area (TPSA) is 117 Å². The predicted octanol–water partition coefficient (Wildman–Crippen LogP) is -0.141. The third-order valence-electron chi connectivity index (χ3n) is 4.90. The molecule has 0 radical (unpaired) electrons. The van der Waals surface area contributed by atoms with Crippen LogP contribution in [-0.2, 0) is 11.8 Å². The molecule has 3 unspecified atom stereocenters. The van der Waals surface area contributed by atoms with E-state index in [9.17, 15) is 15.3 Å². The van der Waals surface area contributed by atoms with Gasteiger partial charge in [0.15, 0.2) is 11.8 Å². The van der Waals surface area contributed by atoms with Gasteiger partial charge in [0, 0.05) is 6.04 Å². The maximum Gasteiger partial charge on any atom is 0.263 e. The van der Waals surface area contributed by atoms with Crippen LogP contribution in [0.3, 0.4) is 0 Å². The molecule has 144 valence electrons. The summed E-state index contributed by atoms with van der Waals surface area (Å²) in [7, 11) is 1.85. The van der Waals surface area contributed by atoms with Gasteiger partial charge < -0.3 is 25.4 Å². The van der Waals surface area contributed by atoms with Crippen molar-refractivity contribution in [2.75, 3.05) is 18.5 Å². The standard InChI is InChI=1S/C17H27N5O4/c1-11(25)13(7-23)26-14(8-24)22-10-18-15-16(19-9-21(2)17(15)22)20-12-5-3-4-6-12/h9-14,23-25H,3-8H2,1-2H3/p+1. The highest BCUT2D eigenvalue weighted by molar-refractivity contribution is 5.80. The molecule has 0 bridgehead atoms. The van der Waals surface area contributed by atoms with Gasteiger partial charge in [-0.3, -0.25) is 0 Å². The summed E-state index contributed by atoms with van der Waals surface area (Å²) in [6.45, 7) is 0.875. The molecule has 2 aromatic rings. The third kappa shape index (κ3) is 3.80. The highest BCUT2D eigenvalue weighted by Crippen LogP contribution is 2.26. The molecular formula is C17H28N5O4+. The summed E-state index contributed by atoms with van der Waals surface area (Å²) < 4.78 is 9.22. The Labute approximate surface area is 152 Å². The average Bonchev–Trinajstić information content (AvgIpc) is 3.28. The van der Waals surface area contributed by atoms with E-state index in [-0.39, 0.29) is 13.2 Å². The van der Waals surface area contributed by atoms with Gasteiger partial charge in [0.25, 0.3) is 5.65 Å². The van der Waals surface area contributed by atoms with Crippen LogP contribution >= 0.6 is 0 Å². The van der Waals surface area contributed by atoms with Gasteiger partial charge in [-0.05, 0) is 19.8 Å². The summed E-state index contributed by atoms with van der Waals surface area (Å²) in [5.41, 5.74) is 1.43. The maximum atomic E-state index is 9.80. The fourth-order valence-electron chi connectivity index (χ4n) is 3.42. The van der Waals surface area contributed by atoms with Gasteiger partial charge in [0.1, 0.15) is 12.7 Å². The van der Waals surface area contributed by atoms with Crippen LogP contribution in [0.2, 0.25) is 0 Å². The lowest BCUT2D eigenvalue weighted by Crippen LogP contribution is -2.37. The van der Waals surface area contributed by atoms with Crippen molar-refractivity contribution >= 4 is 17.0 Å². The van der Waals surface area contributed by atoms with Crippen LogP contribution in [0.5, 0.6) is 0 Å². The van der Waals surface area contributed by atoms with Crippen LogP contribution in [0, 0.1) is 0 Å². The van der Waals surface area contributed by atoms with Crippen LogP contribution in [0.4, 0.5) is 5.82 Å². The summed E-state index contributed by atoms with van der Waals surface area (Å²) in [6.07, 6.45) is 5.54. The van der Waals surface area contributed by atoms with E-state index in [0.717, 1.165) is 24.3 Å². The fourth-order valence-corrected chi connectivity index (χ4v) is 3.42. The highest BCUT2D eigenvalue weighted by atomic mass is 16.5. The summed E-state index contributed by atoms with van der Waals surface area (Å²) in [6, 6.07) is 0.405. The van der Waals surface area contributed by atoms with Gasteiger partial charge in [-0.25, -0.2) is 14.1 Å².